The number of aliphatic hydroxyl groups excluding tert-OH is 3. The number of esters is 1. The Labute approximate surface area is 350 Å². The summed E-state index contributed by atoms with van der Waals surface area (Å²) >= 11 is 0. The van der Waals surface area contributed by atoms with Gasteiger partial charge in [-0.1, -0.05) is 26.7 Å². The summed E-state index contributed by atoms with van der Waals surface area (Å²) < 4.78 is 43.5. The standard InChI is InChI=1S/C46H73NO12/c1-25-23-47(16-12-28-6-7-28)17-13-39(54-25)58-42-26(2)56-41(22-36(42)49)59-43-27(3)55-40(21-35(43)48)57-31-10-14-44(4)30(19-31)8-9-33-34(44)20-37(50)45(5)32(11-15-46(33,45)52)29-18-38(51)53-24-29/h18,25-28,30-37,39-43,48-50,52H,6-17,19-24H2,1-5H3/t25?,26-,27-,30?,31-,32+,33?,34+,35-,36-,37-,39?,40-,41-,42+,43+,44-,45-,46-/m0/s1. The summed E-state index contributed by atoms with van der Waals surface area (Å²) in [4.78, 5) is 14.5. The summed E-state index contributed by atoms with van der Waals surface area (Å²) in [6.45, 7) is 13.5. The molecule has 4 unspecified atom stereocenters. The molecule has 19 atom stereocenters. The van der Waals surface area contributed by atoms with E-state index in [4.69, 9.17) is 33.2 Å². The van der Waals surface area contributed by atoms with Crippen LogP contribution >= 0.6 is 0 Å². The van der Waals surface area contributed by atoms with Gasteiger partial charge in [-0.25, -0.2) is 4.79 Å². The molecule has 4 heterocycles. The fraction of sp³-hybridized carbons (Fsp3) is 0.935. The molecule has 9 aliphatic rings. The Kier molecular flexibility index (Phi) is 12.2. The number of ether oxygens (including phenoxy) is 7. The predicted molar refractivity (Wildman–Crippen MR) is 214 cm³/mol. The molecule has 13 nitrogen and oxygen atoms in total. The molecule has 0 radical (unpaired) electrons. The Balaban J connectivity index is 0.751. The van der Waals surface area contributed by atoms with Crippen molar-refractivity contribution in [3.8, 4) is 0 Å². The molecule has 0 aromatic rings. The molecule has 0 bridgehead atoms. The van der Waals surface area contributed by atoms with Crippen LogP contribution in [0.2, 0.25) is 0 Å². The summed E-state index contributed by atoms with van der Waals surface area (Å²) in [6.07, 6.45) is 7.32. The molecule has 59 heavy (non-hydrogen) atoms. The lowest BCUT2D eigenvalue weighted by molar-refractivity contribution is -0.329. The fourth-order valence-corrected chi connectivity index (χ4v) is 13.8. The van der Waals surface area contributed by atoms with Crippen molar-refractivity contribution in [3.05, 3.63) is 11.6 Å². The molecule has 0 aromatic carbocycles. The van der Waals surface area contributed by atoms with E-state index >= 15 is 0 Å². The molecule has 9 rings (SSSR count). The summed E-state index contributed by atoms with van der Waals surface area (Å²) in [5.41, 5.74) is -0.830. The minimum atomic E-state index is -0.998. The van der Waals surface area contributed by atoms with Crippen LogP contribution in [0.5, 0.6) is 0 Å². The van der Waals surface area contributed by atoms with Gasteiger partial charge in [-0.05, 0) is 126 Å². The number of rotatable bonds is 10. The summed E-state index contributed by atoms with van der Waals surface area (Å²) in [5, 5.41) is 47.2. The van der Waals surface area contributed by atoms with Crippen molar-refractivity contribution in [3.63, 3.8) is 0 Å². The van der Waals surface area contributed by atoms with Crippen LogP contribution in [0.15, 0.2) is 11.6 Å². The fourth-order valence-electron chi connectivity index (χ4n) is 13.8. The second kappa shape index (κ2) is 16.7. The smallest absolute Gasteiger partial charge is 0.331 e. The average molecular weight is 832 g/mol. The molecule has 0 spiro atoms. The number of hydrogen-bond donors (Lipinski definition) is 4. The molecule has 8 fully saturated rings. The van der Waals surface area contributed by atoms with Crippen molar-refractivity contribution in [2.45, 2.75) is 204 Å². The first kappa shape index (κ1) is 43.0. The second-order valence-corrected chi connectivity index (χ2v) is 20.9. The molecule has 13 heteroatoms. The normalized spacial score (nSPS) is 51.9. The molecule has 0 aromatic heterocycles. The summed E-state index contributed by atoms with van der Waals surface area (Å²) in [6, 6.07) is 0. The van der Waals surface area contributed by atoms with Crippen molar-refractivity contribution in [2.24, 2.45) is 40.4 Å². The molecule has 334 valence electrons. The van der Waals surface area contributed by atoms with Crippen LogP contribution in [0.1, 0.15) is 125 Å². The maximum atomic E-state index is 12.6. The van der Waals surface area contributed by atoms with Gasteiger partial charge in [0.2, 0.25) is 0 Å². The quantitative estimate of drug-likeness (QED) is 0.179. The first-order valence-electron chi connectivity index (χ1n) is 23.4. The minimum absolute atomic E-state index is 0.0167. The number of fused-ring (bicyclic) bond motifs is 5. The Morgan fingerprint density at radius 1 is 0.780 bits per heavy atom. The second-order valence-electron chi connectivity index (χ2n) is 20.9. The predicted octanol–water partition coefficient (Wildman–Crippen LogP) is 4.60. The van der Waals surface area contributed by atoms with Crippen molar-refractivity contribution < 1.29 is 58.4 Å². The summed E-state index contributed by atoms with van der Waals surface area (Å²) in [7, 11) is 0. The van der Waals surface area contributed by atoms with Crippen LogP contribution in [0.4, 0.5) is 0 Å². The van der Waals surface area contributed by atoms with Crippen molar-refractivity contribution in [1.82, 2.24) is 4.90 Å². The number of nitrogens with zero attached hydrogens (tertiary/aromatic N) is 1. The van der Waals surface area contributed by atoms with Gasteiger partial charge in [-0.15, -0.1) is 0 Å². The SMILES string of the molecule is CC1CN(CCC2CC2)CCC(O[C@@H]2[C@H](C)O[C@@H](O[C@@H]3[C@H](C)O[C@@H](O[C@H]4CC[C@@]5(C)C(CCC6[C@H]5C[C@H](O)[C@]5(C)[C@@H](C7=CC(=O)OC7)CC[C@]65O)C4)C[C@@H]3O)C[C@@H]2O)O1. The molecule has 5 saturated carbocycles. The first-order chi connectivity index (χ1) is 28.1. The van der Waals surface area contributed by atoms with Crippen LogP contribution in [0, 0.1) is 40.4 Å². The lowest BCUT2D eigenvalue weighted by atomic mass is 9.42. The lowest BCUT2D eigenvalue weighted by Crippen LogP contribution is -2.67. The highest BCUT2D eigenvalue weighted by molar-refractivity contribution is 5.85. The van der Waals surface area contributed by atoms with Crippen molar-refractivity contribution >= 4 is 5.97 Å². The highest BCUT2D eigenvalue weighted by Gasteiger charge is 2.71. The average Bonchev–Trinajstić information content (AvgIpc) is 3.88. The van der Waals surface area contributed by atoms with Gasteiger partial charge in [-0.3, -0.25) is 0 Å². The van der Waals surface area contributed by atoms with E-state index in [1.807, 2.05) is 13.8 Å². The number of cyclic esters (lactones) is 1. The minimum Gasteiger partial charge on any atom is -0.458 e. The van der Waals surface area contributed by atoms with E-state index in [1.54, 1.807) is 6.08 Å². The van der Waals surface area contributed by atoms with Crippen LogP contribution in [0.25, 0.3) is 0 Å². The van der Waals surface area contributed by atoms with Crippen LogP contribution in [0.3, 0.4) is 0 Å². The van der Waals surface area contributed by atoms with Gasteiger partial charge in [0.15, 0.2) is 18.9 Å². The van der Waals surface area contributed by atoms with Gasteiger partial charge in [0.25, 0.3) is 0 Å². The molecule has 4 N–H and O–H groups in total. The van der Waals surface area contributed by atoms with Crippen molar-refractivity contribution in [1.29, 1.82) is 0 Å². The zero-order valence-corrected chi connectivity index (χ0v) is 36.1. The van der Waals surface area contributed by atoms with E-state index in [0.717, 1.165) is 76.1 Å². The molecule has 5 aliphatic carbocycles. The molecule has 0 amide bonds. The Morgan fingerprint density at radius 3 is 2.14 bits per heavy atom. The Bertz CT molecular complexity index is 1520. The van der Waals surface area contributed by atoms with E-state index in [9.17, 15) is 25.2 Å². The highest BCUT2D eigenvalue weighted by Crippen LogP contribution is 2.70. The van der Waals surface area contributed by atoms with Gasteiger partial charge in [0.05, 0.1) is 48.3 Å². The third-order valence-corrected chi connectivity index (χ3v) is 17.4. The largest absolute Gasteiger partial charge is 0.458 e. The Hall–Kier alpha value is -1.23. The zero-order chi connectivity index (χ0) is 41.4. The maximum absolute atomic E-state index is 12.6. The first-order valence-corrected chi connectivity index (χ1v) is 23.4. The van der Waals surface area contributed by atoms with Crippen LogP contribution < -0.4 is 0 Å². The van der Waals surface area contributed by atoms with E-state index in [2.05, 4.69) is 25.7 Å². The van der Waals surface area contributed by atoms with Gasteiger partial charge >= 0.3 is 5.97 Å². The Morgan fingerprint density at radius 2 is 1.47 bits per heavy atom. The zero-order valence-electron chi connectivity index (χ0n) is 36.1. The molecular weight excluding hydrogens is 759 g/mol. The van der Waals surface area contributed by atoms with E-state index in [1.165, 1.54) is 19.3 Å². The van der Waals surface area contributed by atoms with Gasteiger partial charge < -0.3 is 58.5 Å². The lowest BCUT2D eigenvalue weighted by Gasteiger charge is -2.65. The number of carbonyl (C=O) groups is 1. The van der Waals surface area contributed by atoms with Crippen LogP contribution in [-0.4, -0.2) is 137 Å². The third-order valence-electron chi connectivity index (χ3n) is 17.4. The monoisotopic (exact) mass is 832 g/mol. The maximum Gasteiger partial charge on any atom is 0.331 e. The number of aliphatic hydroxyl groups is 4. The van der Waals surface area contributed by atoms with Gasteiger partial charge in [0.1, 0.15) is 18.8 Å². The topological polar surface area (TPSA) is 166 Å². The molecule has 3 saturated heterocycles. The highest BCUT2D eigenvalue weighted by atomic mass is 16.7. The van der Waals surface area contributed by atoms with E-state index in [0.29, 0.717) is 18.8 Å². The number of carbonyl (C=O) groups excluding carboxylic acids is 1. The number of hydrogen-bond acceptors (Lipinski definition) is 13. The van der Waals surface area contributed by atoms with E-state index < -0.39 is 72.6 Å². The van der Waals surface area contributed by atoms with E-state index in [-0.39, 0.29) is 60.8 Å². The molecular formula is C46H73NO12. The molecule has 4 aliphatic heterocycles. The van der Waals surface area contributed by atoms with Crippen LogP contribution in [-0.2, 0) is 38.0 Å². The van der Waals surface area contributed by atoms with Gasteiger partial charge in [0, 0.05) is 43.8 Å². The third kappa shape index (κ3) is 8.13. The van der Waals surface area contributed by atoms with Crippen molar-refractivity contribution in [2.75, 3.05) is 26.2 Å². The van der Waals surface area contributed by atoms with Gasteiger partial charge in [-0.2, -0.15) is 0 Å². The summed E-state index contributed by atoms with van der Waals surface area (Å²) in [5.74, 6) is 1.18.